The van der Waals surface area contributed by atoms with Crippen molar-refractivity contribution in [2.45, 2.75) is 49.8 Å². The van der Waals surface area contributed by atoms with Gasteiger partial charge in [0.25, 0.3) is 0 Å². The van der Waals surface area contributed by atoms with Crippen molar-refractivity contribution in [3.63, 3.8) is 0 Å². The maximum atomic E-state index is 11.2. The first-order valence-corrected chi connectivity index (χ1v) is 8.90. The molecular weight excluding hydrogens is 332 g/mol. The van der Waals surface area contributed by atoms with Gasteiger partial charge in [-0.15, -0.1) is 0 Å². The predicted molar refractivity (Wildman–Crippen MR) is 98.2 cm³/mol. The number of hydrogen-bond donors (Lipinski definition) is 2. The van der Waals surface area contributed by atoms with Crippen LogP contribution in [-0.2, 0) is 14.3 Å². The molecule has 0 bridgehead atoms. The SMILES string of the molecule is O=C1C=CCC(C=CCC2CC(O)C(O)C(C=Cc3ccccc3)O2)O1. The fourth-order valence-corrected chi connectivity index (χ4v) is 3.10. The molecule has 2 aliphatic rings. The number of benzene rings is 1. The molecule has 2 aliphatic heterocycles. The Kier molecular flexibility index (Phi) is 6.39. The largest absolute Gasteiger partial charge is 0.455 e. The quantitative estimate of drug-likeness (QED) is 0.626. The van der Waals surface area contributed by atoms with Crippen molar-refractivity contribution in [1.29, 1.82) is 0 Å². The zero-order valence-corrected chi connectivity index (χ0v) is 14.5. The highest BCUT2D eigenvalue weighted by atomic mass is 16.5. The van der Waals surface area contributed by atoms with E-state index in [9.17, 15) is 15.0 Å². The summed E-state index contributed by atoms with van der Waals surface area (Å²) >= 11 is 0. The number of carbonyl (C=O) groups excluding carboxylic acids is 1. The molecule has 5 nitrogen and oxygen atoms in total. The lowest BCUT2D eigenvalue weighted by Gasteiger charge is -2.35. The maximum absolute atomic E-state index is 11.2. The molecule has 2 N–H and O–H groups in total. The number of aliphatic hydroxyl groups excluding tert-OH is 2. The van der Waals surface area contributed by atoms with Crippen LogP contribution in [0.15, 0.2) is 60.7 Å². The average Bonchev–Trinajstić information content (AvgIpc) is 2.64. The van der Waals surface area contributed by atoms with Gasteiger partial charge >= 0.3 is 5.97 Å². The molecular formula is C21H24O5. The van der Waals surface area contributed by atoms with Gasteiger partial charge in [-0.2, -0.15) is 0 Å². The van der Waals surface area contributed by atoms with Crippen molar-refractivity contribution in [3.05, 3.63) is 66.3 Å². The fraction of sp³-hybridized carbons (Fsp3) is 0.381. The second kappa shape index (κ2) is 8.94. The van der Waals surface area contributed by atoms with Gasteiger partial charge in [0.2, 0.25) is 0 Å². The van der Waals surface area contributed by atoms with Gasteiger partial charge in [-0.1, -0.05) is 54.6 Å². The summed E-state index contributed by atoms with van der Waals surface area (Å²) < 4.78 is 11.1. The Morgan fingerprint density at radius 3 is 2.73 bits per heavy atom. The zero-order chi connectivity index (χ0) is 18.4. The summed E-state index contributed by atoms with van der Waals surface area (Å²) in [5.74, 6) is -0.329. The zero-order valence-electron chi connectivity index (χ0n) is 14.5. The molecule has 26 heavy (non-hydrogen) atoms. The van der Waals surface area contributed by atoms with E-state index in [1.54, 1.807) is 12.2 Å². The van der Waals surface area contributed by atoms with Crippen molar-refractivity contribution in [2.24, 2.45) is 0 Å². The Balaban J connectivity index is 1.56. The van der Waals surface area contributed by atoms with Crippen molar-refractivity contribution in [3.8, 4) is 0 Å². The fourth-order valence-electron chi connectivity index (χ4n) is 3.10. The maximum Gasteiger partial charge on any atom is 0.331 e. The molecule has 0 aromatic heterocycles. The van der Waals surface area contributed by atoms with E-state index in [0.29, 0.717) is 19.3 Å². The first-order valence-electron chi connectivity index (χ1n) is 8.90. The van der Waals surface area contributed by atoms with Gasteiger partial charge in [-0.3, -0.25) is 0 Å². The van der Waals surface area contributed by atoms with E-state index in [2.05, 4.69) is 0 Å². The lowest BCUT2D eigenvalue weighted by Crippen LogP contribution is -2.47. The third-order valence-electron chi connectivity index (χ3n) is 4.50. The molecule has 0 saturated carbocycles. The number of rotatable bonds is 5. The van der Waals surface area contributed by atoms with Gasteiger partial charge in [-0.25, -0.2) is 4.79 Å². The molecule has 0 aliphatic carbocycles. The van der Waals surface area contributed by atoms with Crippen LogP contribution in [0.5, 0.6) is 0 Å². The summed E-state index contributed by atoms with van der Waals surface area (Å²) in [7, 11) is 0. The van der Waals surface area contributed by atoms with Crippen LogP contribution in [0.2, 0.25) is 0 Å². The smallest absolute Gasteiger partial charge is 0.331 e. The van der Waals surface area contributed by atoms with Crippen LogP contribution in [0.25, 0.3) is 6.08 Å². The molecule has 1 aromatic rings. The average molecular weight is 356 g/mol. The Bertz CT molecular complexity index is 679. The standard InChI is InChI=1S/C21H24O5/c22-18-14-17(10-4-8-16-9-5-11-20(23)26-16)25-19(21(18)24)13-12-15-6-2-1-3-7-15/h1-8,11-13,16-19,21-22,24H,9-10,14H2. The van der Waals surface area contributed by atoms with E-state index < -0.39 is 18.3 Å². The number of aliphatic hydroxyl groups is 2. The van der Waals surface area contributed by atoms with Crippen LogP contribution < -0.4 is 0 Å². The van der Waals surface area contributed by atoms with E-state index in [4.69, 9.17) is 9.47 Å². The number of ether oxygens (including phenoxy) is 2. The Morgan fingerprint density at radius 2 is 1.96 bits per heavy atom. The van der Waals surface area contributed by atoms with Gasteiger partial charge in [-0.05, 0) is 18.1 Å². The van der Waals surface area contributed by atoms with Crippen LogP contribution in [0.1, 0.15) is 24.8 Å². The number of hydrogen-bond acceptors (Lipinski definition) is 5. The van der Waals surface area contributed by atoms with Crippen LogP contribution in [-0.4, -0.2) is 46.7 Å². The number of esters is 1. The summed E-state index contributed by atoms with van der Waals surface area (Å²) in [6.07, 6.45) is 9.46. The Labute approximate surface area is 153 Å². The van der Waals surface area contributed by atoms with Crippen LogP contribution in [0, 0.1) is 0 Å². The third-order valence-corrected chi connectivity index (χ3v) is 4.50. The van der Waals surface area contributed by atoms with Crippen LogP contribution in [0.3, 0.4) is 0 Å². The first-order chi connectivity index (χ1) is 12.6. The van der Waals surface area contributed by atoms with Gasteiger partial charge < -0.3 is 19.7 Å². The monoisotopic (exact) mass is 356 g/mol. The molecule has 0 amide bonds. The molecule has 5 atom stereocenters. The summed E-state index contributed by atoms with van der Waals surface area (Å²) in [5.41, 5.74) is 1.01. The molecule has 138 valence electrons. The minimum Gasteiger partial charge on any atom is -0.455 e. The highest BCUT2D eigenvalue weighted by molar-refractivity contribution is 5.82. The number of cyclic esters (lactones) is 1. The topological polar surface area (TPSA) is 76.0 Å². The second-order valence-corrected chi connectivity index (χ2v) is 6.56. The van der Waals surface area contributed by atoms with Gasteiger partial charge in [0.1, 0.15) is 18.3 Å². The van der Waals surface area contributed by atoms with Gasteiger partial charge in [0, 0.05) is 18.9 Å². The molecule has 1 saturated heterocycles. The molecule has 3 rings (SSSR count). The van der Waals surface area contributed by atoms with Crippen molar-refractivity contribution in [1.82, 2.24) is 0 Å². The molecule has 1 aromatic carbocycles. The molecule has 5 heteroatoms. The number of carbonyl (C=O) groups is 1. The summed E-state index contributed by atoms with van der Waals surface area (Å²) in [6.45, 7) is 0. The molecule has 0 radical (unpaired) electrons. The van der Waals surface area contributed by atoms with E-state index in [-0.39, 0.29) is 18.2 Å². The van der Waals surface area contributed by atoms with Crippen molar-refractivity contribution in [2.75, 3.05) is 0 Å². The minimum absolute atomic E-state index is 0.204. The third kappa shape index (κ3) is 5.14. The summed E-state index contributed by atoms with van der Waals surface area (Å²) in [4.78, 5) is 11.2. The van der Waals surface area contributed by atoms with E-state index in [1.807, 2.05) is 48.6 Å². The Morgan fingerprint density at radius 1 is 1.15 bits per heavy atom. The van der Waals surface area contributed by atoms with Crippen LogP contribution in [0.4, 0.5) is 0 Å². The lowest BCUT2D eigenvalue weighted by atomic mass is 9.95. The normalized spacial score (nSPS) is 32.2. The summed E-state index contributed by atoms with van der Waals surface area (Å²) in [6, 6.07) is 9.74. The van der Waals surface area contributed by atoms with Crippen LogP contribution >= 0.6 is 0 Å². The van der Waals surface area contributed by atoms with Gasteiger partial charge in [0.05, 0.1) is 12.2 Å². The van der Waals surface area contributed by atoms with E-state index in [1.165, 1.54) is 6.08 Å². The highest BCUT2D eigenvalue weighted by Gasteiger charge is 2.34. The highest BCUT2D eigenvalue weighted by Crippen LogP contribution is 2.24. The van der Waals surface area contributed by atoms with E-state index in [0.717, 1.165) is 5.56 Å². The molecule has 1 fully saturated rings. The predicted octanol–water partition coefficient (Wildman–Crippen LogP) is 2.40. The summed E-state index contributed by atoms with van der Waals surface area (Å²) in [5, 5.41) is 20.3. The second-order valence-electron chi connectivity index (χ2n) is 6.56. The molecule has 2 heterocycles. The van der Waals surface area contributed by atoms with Crippen molar-refractivity contribution >= 4 is 12.0 Å². The lowest BCUT2D eigenvalue weighted by molar-refractivity contribution is -0.149. The minimum atomic E-state index is -0.945. The van der Waals surface area contributed by atoms with E-state index >= 15 is 0 Å². The Hall–Kier alpha value is -2.21. The molecule has 0 spiro atoms. The van der Waals surface area contributed by atoms with Crippen molar-refractivity contribution < 1.29 is 24.5 Å². The van der Waals surface area contributed by atoms with Gasteiger partial charge in [0.15, 0.2) is 0 Å². The molecule has 5 unspecified atom stereocenters. The first kappa shape index (κ1) is 18.6.